The number of nitrogens with one attached hydrogen (secondary N) is 2. The van der Waals surface area contributed by atoms with Gasteiger partial charge in [-0.3, -0.25) is 9.59 Å². The molecule has 1 aromatic heterocycles. The summed E-state index contributed by atoms with van der Waals surface area (Å²) in [5.74, 6) is -0.484. The number of rotatable bonds is 6. The molecule has 0 bridgehead atoms. The highest BCUT2D eigenvalue weighted by atomic mass is 16.5. The Morgan fingerprint density at radius 3 is 2.43 bits per heavy atom. The first-order valence-corrected chi connectivity index (χ1v) is 11.5. The molecule has 4 rings (SSSR count). The number of para-hydroxylation sites is 1. The number of anilines is 1. The van der Waals surface area contributed by atoms with E-state index in [1.54, 1.807) is 50.2 Å². The maximum absolute atomic E-state index is 13.1. The molecule has 35 heavy (non-hydrogen) atoms. The minimum atomic E-state index is -0.516. The number of hydrazone groups is 1. The second-order valence-corrected chi connectivity index (χ2v) is 8.24. The molecule has 1 aliphatic carbocycles. The number of ether oxygens (including phenoxy) is 1. The second kappa shape index (κ2) is 10.4. The molecule has 1 aliphatic rings. The lowest BCUT2D eigenvalue weighted by Crippen LogP contribution is -2.22. The first kappa shape index (κ1) is 23.9. The summed E-state index contributed by atoms with van der Waals surface area (Å²) in [6.45, 7) is 5.61. The third-order valence-electron chi connectivity index (χ3n) is 5.88. The van der Waals surface area contributed by atoms with Crippen molar-refractivity contribution in [1.82, 2.24) is 5.43 Å². The fourth-order valence-corrected chi connectivity index (χ4v) is 4.16. The first-order valence-electron chi connectivity index (χ1n) is 11.5. The van der Waals surface area contributed by atoms with Gasteiger partial charge in [-0.25, -0.2) is 10.2 Å². The smallest absolute Gasteiger partial charge is 0.340 e. The van der Waals surface area contributed by atoms with Crippen LogP contribution in [-0.4, -0.2) is 30.1 Å². The Labute approximate surface area is 203 Å². The van der Waals surface area contributed by atoms with Gasteiger partial charge in [0.1, 0.15) is 5.76 Å². The van der Waals surface area contributed by atoms with Crippen LogP contribution in [0.25, 0.3) is 0 Å². The molecule has 8 nitrogen and oxygen atoms in total. The van der Waals surface area contributed by atoms with Gasteiger partial charge in [0.2, 0.25) is 0 Å². The topological polar surface area (TPSA) is 110 Å². The minimum Gasteiger partial charge on any atom is -0.462 e. The highest BCUT2D eigenvalue weighted by molar-refractivity contribution is 6.11. The van der Waals surface area contributed by atoms with Crippen molar-refractivity contribution >= 4 is 29.2 Å². The highest BCUT2D eigenvalue weighted by Gasteiger charge is 2.29. The number of carbonyl (C=O) groups excluding carboxylic acids is 3. The molecule has 2 aromatic carbocycles. The number of hydrogen-bond donors (Lipinski definition) is 2. The molecule has 0 saturated carbocycles. The predicted octanol–water partition coefficient (Wildman–Crippen LogP) is 4.80. The fraction of sp³-hybridized carbons (Fsp3) is 0.259. The van der Waals surface area contributed by atoms with Crippen molar-refractivity contribution in [1.29, 1.82) is 0 Å². The van der Waals surface area contributed by atoms with E-state index >= 15 is 0 Å². The SMILES string of the molecule is CCOC(=O)c1ccccc1NC(=O)c1oc2c(c1C)/C(=N/NC(=O)c1ccccc1C)CCC2. The fourth-order valence-electron chi connectivity index (χ4n) is 4.16. The Balaban J connectivity index is 1.58. The molecule has 1 heterocycles. The number of furan rings is 1. The summed E-state index contributed by atoms with van der Waals surface area (Å²) in [7, 11) is 0. The summed E-state index contributed by atoms with van der Waals surface area (Å²) < 4.78 is 11.0. The monoisotopic (exact) mass is 473 g/mol. The summed E-state index contributed by atoms with van der Waals surface area (Å²) in [4.78, 5) is 38.0. The lowest BCUT2D eigenvalue weighted by Gasteiger charge is -2.13. The lowest BCUT2D eigenvalue weighted by molar-refractivity contribution is 0.0527. The zero-order chi connectivity index (χ0) is 24.9. The number of hydrogen-bond acceptors (Lipinski definition) is 6. The summed E-state index contributed by atoms with van der Waals surface area (Å²) >= 11 is 0. The van der Waals surface area contributed by atoms with Gasteiger partial charge < -0.3 is 14.5 Å². The van der Waals surface area contributed by atoms with Crippen molar-refractivity contribution in [2.75, 3.05) is 11.9 Å². The zero-order valence-electron chi connectivity index (χ0n) is 19.9. The highest BCUT2D eigenvalue weighted by Crippen LogP contribution is 2.30. The number of carbonyl (C=O) groups is 3. The van der Waals surface area contributed by atoms with Gasteiger partial charge in [0.15, 0.2) is 5.76 Å². The molecule has 0 aliphatic heterocycles. The van der Waals surface area contributed by atoms with Crippen LogP contribution >= 0.6 is 0 Å². The van der Waals surface area contributed by atoms with Crippen LogP contribution < -0.4 is 10.7 Å². The Bertz CT molecular complexity index is 1320. The van der Waals surface area contributed by atoms with Crippen molar-refractivity contribution in [3.8, 4) is 0 Å². The van der Waals surface area contributed by atoms with Crippen LogP contribution in [0.2, 0.25) is 0 Å². The number of aryl methyl sites for hydroxylation is 2. The van der Waals surface area contributed by atoms with Crippen LogP contribution in [-0.2, 0) is 11.2 Å². The number of nitrogens with zero attached hydrogens (tertiary/aromatic N) is 1. The van der Waals surface area contributed by atoms with E-state index in [0.717, 1.165) is 17.5 Å². The molecule has 0 spiro atoms. The summed E-state index contributed by atoms with van der Waals surface area (Å²) in [5, 5.41) is 7.15. The second-order valence-electron chi connectivity index (χ2n) is 8.24. The average Bonchev–Trinajstić information content (AvgIpc) is 3.20. The standard InChI is InChI=1S/C27H27N3O5/c1-4-34-27(33)19-12-7-8-13-20(19)28-26(32)24-17(3)23-21(14-9-15-22(23)35-24)29-30-25(31)18-11-6-5-10-16(18)2/h5-8,10-13H,4,9,14-15H2,1-3H3,(H,28,32)(H,30,31)/b29-21+. The van der Waals surface area contributed by atoms with Gasteiger partial charge in [-0.1, -0.05) is 30.3 Å². The number of esters is 1. The zero-order valence-corrected chi connectivity index (χ0v) is 19.9. The van der Waals surface area contributed by atoms with E-state index < -0.39 is 11.9 Å². The van der Waals surface area contributed by atoms with E-state index in [-0.39, 0.29) is 23.8 Å². The molecule has 0 saturated heterocycles. The molecule has 2 amide bonds. The van der Waals surface area contributed by atoms with E-state index in [0.29, 0.717) is 41.1 Å². The molecule has 180 valence electrons. The maximum Gasteiger partial charge on any atom is 0.340 e. The third kappa shape index (κ3) is 5.01. The first-order chi connectivity index (χ1) is 16.9. The lowest BCUT2D eigenvalue weighted by atomic mass is 9.93. The largest absolute Gasteiger partial charge is 0.462 e. The van der Waals surface area contributed by atoms with Crippen LogP contribution in [0.1, 0.15) is 73.5 Å². The van der Waals surface area contributed by atoms with Gasteiger partial charge in [-0.15, -0.1) is 0 Å². The van der Waals surface area contributed by atoms with Gasteiger partial charge in [0.25, 0.3) is 11.8 Å². The Kier molecular flexibility index (Phi) is 7.10. The van der Waals surface area contributed by atoms with Gasteiger partial charge in [-0.2, -0.15) is 5.10 Å². The normalized spacial score (nSPS) is 13.7. The van der Waals surface area contributed by atoms with Crippen molar-refractivity contribution in [2.45, 2.75) is 40.0 Å². The molecule has 2 N–H and O–H groups in total. The molecular formula is C27H27N3O5. The molecule has 0 atom stereocenters. The van der Waals surface area contributed by atoms with E-state index in [4.69, 9.17) is 9.15 Å². The maximum atomic E-state index is 13.1. The Morgan fingerprint density at radius 2 is 1.69 bits per heavy atom. The third-order valence-corrected chi connectivity index (χ3v) is 5.88. The van der Waals surface area contributed by atoms with Crippen LogP contribution in [0.3, 0.4) is 0 Å². The van der Waals surface area contributed by atoms with E-state index in [2.05, 4.69) is 15.8 Å². The van der Waals surface area contributed by atoms with Gasteiger partial charge >= 0.3 is 5.97 Å². The Morgan fingerprint density at radius 1 is 0.971 bits per heavy atom. The van der Waals surface area contributed by atoms with Crippen LogP contribution in [0.5, 0.6) is 0 Å². The molecule has 8 heteroatoms. The molecule has 0 fully saturated rings. The van der Waals surface area contributed by atoms with Crippen molar-refractivity contribution in [3.63, 3.8) is 0 Å². The van der Waals surface area contributed by atoms with Crippen LogP contribution in [0, 0.1) is 13.8 Å². The van der Waals surface area contributed by atoms with Crippen molar-refractivity contribution in [2.24, 2.45) is 5.10 Å². The molecule has 0 radical (unpaired) electrons. The predicted molar refractivity (Wildman–Crippen MR) is 132 cm³/mol. The van der Waals surface area contributed by atoms with Gasteiger partial charge in [0, 0.05) is 23.1 Å². The summed E-state index contributed by atoms with van der Waals surface area (Å²) in [6.07, 6.45) is 2.09. The van der Waals surface area contributed by atoms with E-state index in [1.165, 1.54) is 0 Å². The van der Waals surface area contributed by atoms with E-state index in [1.807, 2.05) is 19.1 Å². The number of benzene rings is 2. The molecule has 0 unspecified atom stereocenters. The number of fused-ring (bicyclic) bond motifs is 1. The van der Waals surface area contributed by atoms with E-state index in [9.17, 15) is 14.4 Å². The quantitative estimate of drug-likeness (QED) is 0.395. The van der Waals surface area contributed by atoms with Crippen LogP contribution in [0.4, 0.5) is 5.69 Å². The summed E-state index contributed by atoms with van der Waals surface area (Å²) in [5.41, 5.74) is 6.69. The number of amides is 2. The molecule has 3 aromatic rings. The van der Waals surface area contributed by atoms with Gasteiger partial charge in [0.05, 0.1) is 23.6 Å². The van der Waals surface area contributed by atoms with Crippen molar-refractivity contribution in [3.05, 3.63) is 87.9 Å². The van der Waals surface area contributed by atoms with Crippen LogP contribution in [0.15, 0.2) is 58.0 Å². The minimum absolute atomic E-state index is 0.147. The van der Waals surface area contributed by atoms with Gasteiger partial charge in [-0.05, 0) is 57.4 Å². The average molecular weight is 474 g/mol. The summed E-state index contributed by atoms with van der Waals surface area (Å²) in [6, 6.07) is 13.9. The molecular weight excluding hydrogens is 446 g/mol. The van der Waals surface area contributed by atoms with Crippen molar-refractivity contribution < 1.29 is 23.5 Å². The Hall–Kier alpha value is -4.20.